The highest BCUT2D eigenvalue weighted by molar-refractivity contribution is 5.18. The van der Waals surface area contributed by atoms with Crippen LogP contribution in [-0.2, 0) is 11.2 Å². The molecule has 4 nitrogen and oxygen atoms in total. The lowest BCUT2D eigenvalue weighted by Crippen LogP contribution is -2.20. The Morgan fingerprint density at radius 1 is 1.30 bits per heavy atom. The van der Waals surface area contributed by atoms with E-state index in [0.29, 0.717) is 6.04 Å². The Labute approximate surface area is 120 Å². The lowest BCUT2D eigenvalue weighted by molar-refractivity contribution is 0.180. The number of imidazole rings is 1. The summed E-state index contributed by atoms with van der Waals surface area (Å²) in [6.45, 7) is 2.91. The first-order valence-electron chi connectivity index (χ1n) is 7.02. The van der Waals surface area contributed by atoms with Crippen molar-refractivity contribution in [2.45, 2.75) is 31.8 Å². The van der Waals surface area contributed by atoms with Gasteiger partial charge in [-0.05, 0) is 25.3 Å². The average Bonchev–Trinajstić information content (AvgIpc) is 2.95. The minimum Gasteiger partial charge on any atom is -0.385 e. The smallest absolute Gasteiger partial charge is 0.0951 e. The molecule has 0 fully saturated rings. The van der Waals surface area contributed by atoms with Gasteiger partial charge in [0.25, 0.3) is 0 Å². The van der Waals surface area contributed by atoms with Crippen LogP contribution in [0, 0.1) is 0 Å². The zero-order valence-electron chi connectivity index (χ0n) is 12.2. The first-order valence-corrected chi connectivity index (χ1v) is 7.02. The topological polar surface area (TPSA) is 53.1 Å². The zero-order chi connectivity index (χ0) is 14.4. The van der Waals surface area contributed by atoms with Gasteiger partial charge in [0.05, 0.1) is 18.1 Å². The van der Waals surface area contributed by atoms with Gasteiger partial charge in [-0.3, -0.25) is 0 Å². The fourth-order valence-corrected chi connectivity index (χ4v) is 2.37. The third kappa shape index (κ3) is 3.68. The lowest BCUT2D eigenvalue weighted by atomic mass is 10.0. The summed E-state index contributed by atoms with van der Waals surface area (Å²) in [6, 6.07) is 10.6. The van der Waals surface area contributed by atoms with Gasteiger partial charge in [0.2, 0.25) is 0 Å². The number of rotatable bonds is 7. The van der Waals surface area contributed by atoms with E-state index < -0.39 is 0 Å². The number of methoxy groups -OCH3 is 1. The van der Waals surface area contributed by atoms with E-state index in [9.17, 15) is 0 Å². The summed E-state index contributed by atoms with van der Waals surface area (Å²) in [5, 5.41) is 0. The van der Waals surface area contributed by atoms with Crippen molar-refractivity contribution in [3.8, 4) is 0 Å². The molecular formula is C16H23N3O. The SMILES string of the molecule is COCCC(C)n1cncc1[C@H](N)Cc1ccccc1. The van der Waals surface area contributed by atoms with Crippen molar-refractivity contribution in [2.75, 3.05) is 13.7 Å². The van der Waals surface area contributed by atoms with Crippen LogP contribution in [0.25, 0.3) is 0 Å². The van der Waals surface area contributed by atoms with Crippen molar-refractivity contribution in [3.63, 3.8) is 0 Å². The molecule has 0 aliphatic carbocycles. The molecule has 1 heterocycles. The zero-order valence-corrected chi connectivity index (χ0v) is 12.2. The minimum atomic E-state index is -0.0371. The second kappa shape index (κ2) is 7.22. The second-order valence-corrected chi connectivity index (χ2v) is 5.15. The van der Waals surface area contributed by atoms with Crippen LogP contribution in [-0.4, -0.2) is 23.3 Å². The molecule has 20 heavy (non-hydrogen) atoms. The third-order valence-electron chi connectivity index (χ3n) is 3.59. The number of benzene rings is 1. The van der Waals surface area contributed by atoms with E-state index in [1.54, 1.807) is 7.11 Å². The maximum atomic E-state index is 6.35. The van der Waals surface area contributed by atoms with E-state index in [1.807, 2.05) is 30.7 Å². The number of nitrogens with zero attached hydrogens (tertiary/aromatic N) is 2. The van der Waals surface area contributed by atoms with Crippen LogP contribution in [0.4, 0.5) is 0 Å². The van der Waals surface area contributed by atoms with E-state index in [0.717, 1.165) is 25.1 Å². The first-order chi connectivity index (χ1) is 9.72. The molecule has 0 radical (unpaired) electrons. The largest absolute Gasteiger partial charge is 0.385 e. The summed E-state index contributed by atoms with van der Waals surface area (Å²) in [5.74, 6) is 0. The van der Waals surface area contributed by atoms with E-state index in [-0.39, 0.29) is 6.04 Å². The number of nitrogens with two attached hydrogens (primary N) is 1. The molecule has 0 amide bonds. The summed E-state index contributed by atoms with van der Waals surface area (Å²) in [6.07, 6.45) is 5.51. The standard InChI is InChI=1S/C16H23N3O/c1-13(8-9-20-2)19-12-18-11-16(19)15(17)10-14-6-4-3-5-7-14/h3-7,11-13,15H,8-10,17H2,1-2H3/t13?,15-/m1/s1. The van der Waals surface area contributed by atoms with Gasteiger partial charge < -0.3 is 15.0 Å². The molecule has 108 valence electrons. The third-order valence-corrected chi connectivity index (χ3v) is 3.59. The number of aromatic nitrogens is 2. The highest BCUT2D eigenvalue weighted by Gasteiger charge is 2.15. The average molecular weight is 273 g/mol. The predicted molar refractivity (Wildman–Crippen MR) is 80.5 cm³/mol. The monoisotopic (exact) mass is 273 g/mol. The normalized spacial score (nSPS) is 14.2. The van der Waals surface area contributed by atoms with Gasteiger partial charge in [-0.2, -0.15) is 0 Å². The summed E-state index contributed by atoms with van der Waals surface area (Å²) in [7, 11) is 1.72. The molecule has 1 unspecified atom stereocenters. The van der Waals surface area contributed by atoms with Crippen molar-refractivity contribution in [1.29, 1.82) is 0 Å². The van der Waals surface area contributed by atoms with Gasteiger partial charge in [0, 0.05) is 26.0 Å². The Morgan fingerprint density at radius 3 is 2.75 bits per heavy atom. The summed E-state index contributed by atoms with van der Waals surface area (Å²) in [5.41, 5.74) is 8.68. The molecule has 1 aromatic heterocycles. The van der Waals surface area contributed by atoms with Crippen molar-refractivity contribution >= 4 is 0 Å². The Hall–Kier alpha value is -1.65. The van der Waals surface area contributed by atoms with Crippen LogP contribution >= 0.6 is 0 Å². The Kier molecular flexibility index (Phi) is 5.32. The van der Waals surface area contributed by atoms with Crippen LogP contribution in [0.1, 0.15) is 36.7 Å². The molecule has 0 saturated heterocycles. The molecule has 2 atom stereocenters. The molecular weight excluding hydrogens is 250 g/mol. The highest BCUT2D eigenvalue weighted by atomic mass is 16.5. The van der Waals surface area contributed by atoms with Gasteiger partial charge in [-0.15, -0.1) is 0 Å². The maximum Gasteiger partial charge on any atom is 0.0951 e. The van der Waals surface area contributed by atoms with Gasteiger partial charge in [-0.1, -0.05) is 30.3 Å². The summed E-state index contributed by atoms with van der Waals surface area (Å²) in [4.78, 5) is 4.26. The molecule has 2 N–H and O–H groups in total. The first kappa shape index (κ1) is 14.8. The van der Waals surface area contributed by atoms with Gasteiger partial charge in [0.15, 0.2) is 0 Å². The van der Waals surface area contributed by atoms with E-state index in [4.69, 9.17) is 10.5 Å². The van der Waals surface area contributed by atoms with Crippen LogP contribution < -0.4 is 5.73 Å². The fraction of sp³-hybridized carbons (Fsp3) is 0.438. The fourth-order valence-electron chi connectivity index (χ4n) is 2.37. The van der Waals surface area contributed by atoms with Crippen LogP contribution in [0.3, 0.4) is 0 Å². The molecule has 4 heteroatoms. The molecule has 0 aliphatic heterocycles. The van der Waals surface area contributed by atoms with Crippen LogP contribution in [0.15, 0.2) is 42.9 Å². The van der Waals surface area contributed by atoms with Crippen molar-refractivity contribution in [3.05, 3.63) is 54.1 Å². The van der Waals surface area contributed by atoms with E-state index in [1.165, 1.54) is 5.56 Å². The van der Waals surface area contributed by atoms with E-state index >= 15 is 0 Å². The summed E-state index contributed by atoms with van der Waals surface area (Å²) < 4.78 is 7.30. The minimum absolute atomic E-state index is 0.0371. The molecule has 0 bridgehead atoms. The number of hydrogen-bond acceptors (Lipinski definition) is 3. The van der Waals surface area contributed by atoms with E-state index in [2.05, 4.69) is 28.6 Å². The van der Waals surface area contributed by atoms with Crippen LogP contribution in [0.5, 0.6) is 0 Å². The van der Waals surface area contributed by atoms with Crippen LogP contribution in [0.2, 0.25) is 0 Å². The van der Waals surface area contributed by atoms with Gasteiger partial charge in [-0.25, -0.2) is 4.98 Å². The molecule has 0 saturated carbocycles. The Balaban J connectivity index is 2.07. The molecule has 0 aliphatic rings. The van der Waals surface area contributed by atoms with Crippen molar-refractivity contribution in [1.82, 2.24) is 9.55 Å². The quantitative estimate of drug-likeness (QED) is 0.844. The van der Waals surface area contributed by atoms with Crippen molar-refractivity contribution in [2.24, 2.45) is 5.73 Å². The van der Waals surface area contributed by atoms with Gasteiger partial charge in [0.1, 0.15) is 0 Å². The molecule has 0 spiro atoms. The second-order valence-electron chi connectivity index (χ2n) is 5.15. The predicted octanol–water partition coefficient (Wildman–Crippen LogP) is 2.72. The highest BCUT2D eigenvalue weighted by Crippen LogP contribution is 2.21. The molecule has 2 rings (SSSR count). The number of hydrogen-bond donors (Lipinski definition) is 1. The Bertz CT molecular complexity index is 509. The molecule has 2 aromatic rings. The maximum absolute atomic E-state index is 6.35. The summed E-state index contributed by atoms with van der Waals surface area (Å²) >= 11 is 0. The Morgan fingerprint density at radius 2 is 2.05 bits per heavy atom. The lowest BCUT2D eigenvalue weighted by Gasteiger charge is -2.20. The molecule has 1 aromatic carbocycles. The van der Waals surface area contributed by atoms with Gasteiger partial charge >= 0.3 is 0 Å². The van der Waals surface area contributed by atoms with Crippen molar-refractivity contribution < 1.29 is 4.74 Å². The number of ether oxygens (including phenoxy) is 1.